The fourth-order valence-electron chi connectivity index (χ4n) is 2.67. The van der Waals surface area contributed by atoms with Crippen molar-refractivity contribution in [3.63, 3.8) is 0 Å². The number of rotatable bonds is 6. The van der Waals surface area contributed by atoms with Crippen LogP contribution in [-0.4, -0.2) is 66.4 Å². The summed E-state index contributed by atoms with van der Waals surface area (Å²) >= 11 is 0. The van der Waals surface area contributed by atoms with Crippen LogP contribution < -0.4 is 10.6 Å². The van der Waals surface area contributed by atoms with Gasteiger partial charge in [-0.05, 0) is 32.2 Å². The molecule has 0 radical (unpaired) electrons. The molecule has 0 aromatic rings. The fraction of sp³-hybridized carbons (Fsp3) is 0.857. The van der Waals surface area contributed by atoms with Gasteiger partial charge in [0.05, 0.1) is 12.7 Å². The summed E-state index contributed by atoms with van der Waals surface area (Å²) in [4.78, 5) is 25.5. The second kappa shape index (κ2) is 6.62. The zero-order valence-electron chi connectivity index (χ0n) is 12.7. The zero-order chi connectivity index (χ0) is 15.5. The Labute approximate surface area is 125 Å². The number of carbonyl (C=O) groups is 2. The molecule has 2 aliphatic rings. The Hall–Kier alpha value is -1.34. The first kappa shape index (κ1) is 16.0. The van der Waals surface area contributed by atoms with Crippen molar-refractivity contribution in [3.8, 4) is 0 Å². The molecule has 1 heterocycles. The number of carboxylic acid groups (broad SMARTS) is 1. The highest BCUT2D eigenvalue weighted by molar-refractivity contribution is 5.86. The fourth-order valence-corrected chi connectivity index (χ4v) is 2.67. The molecule has 7 nitrogen and oxygen atoms in total. The van der Waals surface area contributed by atoms with Crippen LogP contribution in [0.4, 0.5) is 4.79 Å². The highest BCUT2D eigenvalue weighted by Gasteiger charge is 2.48. The van der Waals surface area contributed by atoms with E-state index in [0.717, 1.165) is 32.5 Å². The monoisotopic (exact) mass is 299 g/mol. The van der Waals surface area contributed by atoms with E-state index in [1.165, 1.54) is 0 Å². The Balaban J connectivity index is 1.77. The molecule has 0 aromatic heterocycles. The van der Waals surface area contributed by atoms with Gasteiger partial charge in [-0.3, -0.25) is 4.90 Å². The van der Waals surface area contributed by atoms with Gasteiger partial charge in [0.25, 0.3) is 0 Å². The number of aliphatic carboxylic acids is 1. The average molecular weight is 299 g/mol. The van der Waals surface area contributed by atoms with Crippen LogP contribution >= 0.6 is 0 Å². The van der Waals surface area contributed by atoms with Gasteiger partial charge in [-0.25, -0.2) is 9.59 Å². The van der Waals surface area contributed by atoms with Gasteiger partial charge >= 0.3 is 12.0 Å². The van der Waals surface area contributed by atoms with Crippen LogP contribution in [-0.2, 0) is 9.53 Å². The van der Waals surface area contributed by atoms with Crippen LogP contribution in [0.5, 0.6) is 0 Å². The first-order valence-corrected chi connectivity index (χ1v) is 7.59. The largest absolute Gasteiger partial charge is 0.480 e. The summed E-state index contributed by atoms with van der Waals surface area (Å²) < 4.78 is 5.60. The van der Waals surface area contributed by atoms with Crippen molar-refractivity contribution in [2.45, 2.75) is 38.3 Å². The van der Waals surface area contributed by atoms with E-state index in [2.05, 4.69) is 22.5 Å². The zero-order valence-corrected chi connectivity index (χ0v) is 12.7. The Morgan fingerprint density at radius 2 is 2.14 bits per heavy atom. The van der Waals surface area contributed by atoms with E-state index in [0.29, 0.717) is 13.2 Å². The van der Waals surface area contributed by atoms with Gasteiger partial charge in [-0.15, -0.1) is 0 Å². The van der Waals surface area contributed by atoms with Gasteiger partial charge in [-0.2, -0.15) is 0 Å². The number of carboxylic acids is 1. The Kier molecular flexibility index (Phi) is 5.05. The molecule has 1 saturated heterocycles. The molecule has 2 fully saturated rings. The molecule has 0 bridgehead atoms. The molecule has 2 atom stereocenters. The van der Waals surface area contributed by atoms with Gasteiger partial charge in [0.1, 0.15) is 5.54 Å². The quantitative estimate of drug-likeness (QED) is 0.654. The van der Waals surface area contributed by atoms with Gasteiger partial charge in [-0.1, -0.05) is 6.92 Å². The number of amides is 2. The first-order chi connectivity index (χ1) is 9.95. The van der Waals surface area contributed by atoms with E-state index in [1.807, 2.05) is 0 Å². The summed E-state index contributed by atoms with van der Waals surface area (Å²) in [6.07, 6.45) is 1.65. The smallest absolute Gasteiger partial charge is 0.329 e. The standard InChI is InChI=1S/C14H25N3O4/c1-3-17-6-7-21-11(9-17)8-15-13(20)16-14(2,12(18)19)10-4-5-10/h10-11H,3-9H2,1-2H3,(H,18,19)(H2,15,16,20). The summed E-state index contributed by atoms with van der Waals surface area (Å²) in [5.74, 6) is -0.950. The highest BCUT2D eigenvalue weighted by Crippen LogP contribution is 2.39. The molecule has 1 aliphatic carbocycles. The minimum atomic E-state index is -1.17. The lowest BCUT2D eigenvalue weighted by atomic mass is 9.96. The van der Waals surface area contributed by atoms with Crippen molar-refractivity contribution in [1.82, 2.24) is 15.5 Å². The molecule has 120 valence electrons. The molecule has 3 N–H and O–H groups in total. The van der Waals surface area contributed by atoms with Gasteiger partial charge in [0.15, 0.2) is 0 Å². The van der Waals surface area contributed by atoms with Crippen LogP contribution in [0.25, 0.3) is 0 Å². The molecule has 1 saturated carbocycles. The summed E-state index contributed by atoms with van der Waals surface area (Å²) in [5, 5.41) is 14.6. The number of likely N-dealkylation sites (N-methyl/N-ethyl adjacent to an activating group) is 1. The molecular formula is C14H25N3O4. The van der Waals surface area contributed by atoms with Gasteiger partial charge in [0.2, 0.25) is 0 Å². The van der Waals surface area contributed by atoms with Crippen LogP contribution in [0.3, 0.4) is 0 Å². The molecule has 7 heteroatoms. The predicted octanol–water partition coefficient (Wildman–Crippen LogP) is 0.260. The number of nitrogens with one attached hydrogen (secondary N) is 2. The maximum atomic E-state index is 11.9. The molecule has 0 aromatic carbocycles. The predicted molar refractivity (Wildman–Crippen MR) is 77.2 cm³/mol. The van der Waals surface area contributed by atoms with Crippen LogP contribution in [0.2, 0.25) is 0 Å². The van der Waals surface area contributed by atoms with E-state index in [1.54, 1.807) is 6.92 Å². The summed E-state index contributed by atoms with van der Waals surface area (Å²) in [7, 11) is 0. The van der Waals surface area contributed by atoms with Crippen molar-refractivity contribution in [1.29, 1.82) is 0 Å². The Bertz CT molecular complexity index is 400. The lowest BCUT2D eigenvalue weighted by Crippen LogP contribution is -2.58. The third kappa shape index (κ3) is 4.07. The van der Waals surface area contributed by atoms with Crippen molar-refractivity contribution in [2.75, 3.05) is 32.8 Å². The van der Waals surface area contributed by atoms with E-state index in [-0.39, 0.29) is 12.0 Å². The van der Waals surface area contributed by atoms with Crippen LogP contribution in [0.15, 0.2) is 0 Å². The van der Waals surface area contributed by atoms with E-state index in [4.69, 9.17) is 4.74 Å². The maximum absolute atomic E-state index is 11.9. The normalized spacial score (nSPS) is 25.9. The Morgan fingerprint density at radius 1 is 1.43 bits per heavy atom. The number of urea groups is 1. The maximum Gasteiger partial charge on any atom is 0.329 e. The SMILES string of the molecule is CCN1CCOC(CNC(=O)NC(C)(C(=O)O)C2CC2)C1. The lowest BCUT2D eigenvalue weighted by molar-refractivity contribution is -0.144. The van der Waals surface area contributed by atoms with E-state index >= 15 is 0 Å². The van der Waals surface area contributed by atoms with Crippen LogP contribution in [0, 0.1) is 5.92 Å². The van der Waals surface area contributed by atoms with E-state index < -0.39 is 17.5 Å². The molecule has 21 heavy (non-hydrogen) atoms. The van der Waals surface area contributed by atoms with E-state index in [9.17, 15) is 14.7 Å². The third-order valence-corrected chi connectivity index (χ3v) is 4.37. The van der Waals surface area contributed by atoms with Crippen molar-refractivity contribution >= 4 is 12.0 Å². The molecular weight excluding hydrogens is 274 g/mol. The molecule has 1 aliphatic heterocycles. The summed E-state index contributed by atoms with van der Waals surface area (Å²) in [5.41, 5.74) is -1.17. The van der Waals surface area contributed by atoms with Crippen molar-refractivity contribution in [2.24, 2.45) is 5.92 Å². The Morgan fingerprint density at radius 3 is 2.71 bits per heavy atom. The second-order valence-electron chi connectivity index (χ2n) is 6.00. The number of carbonyl (C=O) groups excluding carboxylic acids is 1. The van der Waals surface area contributed by atoms with Gasteiger partial charge in [0, 0.05) is 19.6 Å². The minimum absolute atomic E-state index is 0.0299. The number of hydrogen-bond donors (Lipinski definition) is 3. The first-order valence-electron chi connectivity index (χ1n) is 7.59. The van der Waals surface area contributed by atoms with Crippen LogP contribution in [0.1, 0.15) is 26.7 Å². The number of morpholine rings is 1. The topological polar surface area (TPSA) is 90.9 Å². The molecule has 2 unspecified atom stereocenters. The number of hydrogen-bond acceptors (Lipinski definition) is 4. The number of nitrogens with zero attached hydrogens (tertiary/aromatic N) is 1. The average Bonchev–Trinajstić information content (AvgIpc) is 3.30. The third-order valence-electron chi connectivity index (χ3n) is 4.37. The second-order valence-corrected chi connectivity index (χ2v) is 6.00. The highest BCUT2D eigenvalue weighted by atomic mass is 16.5. The summed E-state index contributed by atoms with van der Waals surface area (Å²) in [6.45, 7) is 7.39. The van der Waals surface area contributed by atoms with Crippen molar-refractivity contribution in [3.05, 3.63) is 0 Å². The van der Waals surface area contributed by atoms with Gasteiger partial charge < -0.3 is 20.5 Å². The van der Waals surface area contributed by atoms with Crippen molar-refractivity contribution < 1.29 is 19.4 Å². The number of ether oxygens (including phenoxy) is 1. The molecule has 2 rings (SSSR count). The lowest BCUT2D eigenvalue weighted by Gasteiger charge is -2.32. The molecule has 0 spiro atoms. The molecule has 2 amide bonds. The summed E-state index contributed by atoms with van der Waals surface area (Å²) in [6, 6.07) is -0.441. The minimum Gasteiger partial charge on any atom is -0.480 e.